The van der Waals surface area contributed by atoms with E-state index in [1.807, 2.05) is 39.8 Å². The smallest absolute Gasteiger partial charge is 0.153 e. The minimum Gasteiger partial charge on any atom is -0.475 e. The van der Waals surface area contributed by atoms with E-state index in [2.05, 4.69) is 46.6 Å². The van der Waals surface area contributed by atoms with Crippen LogP contribution in [0.2, 0.25) is 0 Å². The first-order chi connectivity index (χ1) is 13.8. The molecule has 4 rings (SSSR count). The molecule has 1 saturated heterocycles. The van der Waals surface area contributed by atoms with Crippen LogP contribution in [0.4, 0.5) is 0 Å². The lowest BCUT2D eigenvalue weighted by atomic mass is 9.84. The molecule has 2 unspecified atom stereocenters. The standard InChI is InChI=1S/C20H24N2O2.2C2H6/c23-14-15-6-7-19-18(12-15)17(16-4-2-1-3-5-16)13-20(24-19)22-10-8-21-9-11-22;2*1-2/h1-7,12,17,20-21,23H,8-11,13-14H2;2*1-2H3. The van der Waals surface area contributed by atoms with Crippen molar-refractivity contribution >= 4 is 0 Å². The lowest BCUT2D eigenvalue weighted by Gasteiger charge is -2.40. The van der Waals surface area contributed by atoms with Gasteiger partial charge in [0.2, 0.25) is 0 Å². The fourth-order valence-electron chi connectivity index (χ4n) is 3.79. The highest BCUT2D eigenvalue weighted by Crippen LogP contribution is 2.41. The summed E-state index contributed by atoms with van der Waals surface area (Å²) in [5, 5.41) is 12.9. The molecule has 4 heteroatoms. The molecule has 0 aromatic heterocycles. The van der Waals surface area contributed by atoms with Gasteiger partial charge in [-0.05, 0) is 23.3 Å². The molecule has 2 aliphatic rings. The summed E-state index contributed by atoms with van der Waals surface area (Å²) in [6.07, 6.45) is 1.07. The van der Waals surface area contributed by atoms with Crippen LogP contribution in [0, 0.1) is 0 Å². The molecule has 4 nitrogen and oxygen atoms in total. The molecule has 0 amide bonds. The van der Waals surface area contributed by atoms with Crippen molar-refractivity contribution in [3.05, 3.63) is 65.2 Å². The Morgan fingerprint density at radius 1 is 1.00 bits per heavy atom. The van der Waals surface area contributed by atoms with Gasteiger partial charge in [0.15, 0.2) is 6.23 Å². The van der Waals surface area contributed by atoms with Crippen molar-refractivity contribution < 1.29 is 9.84 Å². The average molecular weight is 385 g/mol. The largest absolute Gasteiger partial charge is 0.475 e. The Labute approximate surface area is 170 Å². The van der Waals surface area contributed by atoms with E-state index < -0.39 is 0 Å². The molecule has 2 atom stereocenters. The summed E-state index contributed by atoms with van der Waals surface area (Å²) >= 11 is 0. The lowest BCUT2D eigenvalue weighted by molar-refractivity contribution is -0.00178. The Bertz CT molecular complexity index is 684. The minimum absolute atomic E-state index is 0.0655. The van der Waals surface area contributed by atoms with Gasteiger partial charge in [-0.3, -0.25) is 4.90 Å². The zero-order chi connectivity index (χ0) is 20.4. The average Bonchev–Trinajstić information content (AvgIpc) is 2.81. The van der Waals surface area contributed by atoms with E-state index in [9.17, 15) is 5.11 Å². The van der Waals surface area contributed by atoms with Gasteiger partial charge >= 0.3 is 0 Å². The Balaban J connectivity index is 0.000000660. The maximum Gasteiger partial charge on any atom is 0.153 e. The number of hydrogen-bond donors (Lipinski definition) is 2. The normalized spacial score (nSPS) is 21.2. The summed E-state index contributed by atoms with van der Waals surface area (Å²) in [4.78, 5) is 2.44. The molecule has 2 heterocycles. The van der Waals surface area contributed by atoms with Gasteiger partial charge in [0.25, 0.3) is 0 Å². The van der Waals surface area contributed by atoms with Gasteiger partial charge in [0.05, 0.1) is 6.61 Å². The van der Waals surface area contributed by atoms with E-state index in [1.54, 1.807) is 0 Å². The summed E-state index contributed by atoms with van der Waals surface area (Å²) in [5.41, 5.74) is 3.45. The Kier molecular flexibility index (Phi) is 9.48. The molecule has 0 bridgehead atoms. The molecule has 0 spiro atoms. The topological polar surface area (TPSA) is 44.7 Å². The second kappa shape index (κ2) is 11.8. The second-order valence-electron chi connectivity index (χ2n) is 6.59. The number of aliphatic hydroxyl groups excluding tert-OH is 1. The quantitative estimate of drug-likeness (QED) is 0.824. The highest BCUT2D eigenvalue weighted by molar-refractivity contribution is 5.46. The molecule has 2 aromatic rings. The van der Waals surface area contributed by atoms with E-state index in [0.29, 0.717) is 5.92 Å². The van der Waals surface area contributed by atoms with Crippen molar-refractivity contribution in [2.45, 2.75) is 52.9 Å². The molecule has 28 heavy (non-hydrogen) atoms. The van der Waals surface area contributed by atoms with Crippen LogP contribution < -0.4 is 10.1 Å². The van der Waals surface area contributed by atoms with Gasteiger partial charge < -0.3 is 15.2 Å². The maximum absolute atomic E-state index is 9.50. The predicted octanol–water partition coefficient (Wildman–Crippen LogP) is 4.38. The van der Waals surface area contributed by atoms with Gasteiger partial charge in [-0.25, -0.2) is 0 Å². The first-order valence-corrected chi connectivity index (χ1v) is 10.7. The zero-order valence-electron chi connectivity index (χ0n) is 17.8. The summed E-state index contributed by atoms with van der Waals surface area (Å²) in [6.45, 7) is 12.2. The van der Waals surface area contributed by atoms with Crippen molar-refractivity contribution in [3.8, 4) is 5.75 Å². The van der Waals surface area contributed by atoms with Gasteiger partial charge in [0, 0.05) is 44.1 Å². The molecule has 0 saturated carbocycles. The summed E-state index contributed by atoms with van der Waals surface area (Å²) in [7, 11) is 0. The molecule has 154 valence electrons. The second-order valence-corrected chi connectivity index (χ2v) is 6.59. The molecular weight excluding hydrogens is 348 g/mol. The summed E-state index contributed by atoms with van der Waals surface area (Å²) in [5.74, 6) is 1.26. The molecule has 0 aliphatic carbocycles. The van der Waals surface area contributed by atoms with Crippen LogP contribution in [0.3, 0.4) is 0 Å². The van der Waals surface area contributed by atoms with E-state index in [0.717, 1.165) is 43.9 Å². The van der Waals surface area contributed by atoms with Gasteiger partial charge in [-0.1, -0.05) is 64.1 Å². The van der Waals surface area contributed by atoms with Crippen molar-refractivity contribution in [2.24, 2.45) is 0 Å². The Morgan fingerprint density at radius 3 is 2.32 bits per heavy atom. The monoisotopic (exact) mass is 384 g/mol. The molecular formula is C24H36N2O2. The predicted molar refractivity (Wildman–Crippen MR) is 117 cm³/mol. The first-order valence-electron chi connectivity index (χ1n) is 10.7. The number of fused-ring (bicyclic) bond motifs is 1. The number of aliphatic hydroxyl groups is 1. The minimum atomic E-state index is 0.0655. The number of nitrogens with one attached hydrogen (secondary N) is 1. The number of benzene rings is 2. The molecule has 1 fully saturated rings. The van der Waals surface area contributed by atoms with Gasteiger partial charge in [-0.2, -0.15) is 0 Å². The highest BCUT2D eigenvalue weighted by atomic mass is 16.5. The molecule has 2 N–H and O–H groups in total. The molecule has 2 aliphatic heterocycles. The fraction of sp³-hybridized carbons (Fsp3) is 0.500. The molecule has 2 aromatic carbocycles. The fourth-order valence-corrected chi connectivity index (χ4v) is 3.79. The summed E-state index contributed by atoms with van der Waals surface area (Å²) in [6, 6.07) is 16.7. The van der Waals surface area contributed by atoms with E-state index in [4.69, 9.17) is 4.74 Å². The van der Waals surface area contributed by atoms with Crippen LogP contribution in [-0.4, -0.2) is 42.4 Å². The van der Waals surface area contributed by atoms with Crippen LogP contribution in [-0.2, 0) is 6.61 Å². The Hall–Kier alpha value is -1.88. The van der Waals surface area contributed by atoms with Crippen LogP contribution in [0.1, 0.15) is 56.7 Å². The SMILES string of the molecule is CC.CC.OCc1ccc2c(c1)C(c1ccccc1)CC(N1CCNCC1)O2. The lowest BCUT2D eigenvalue weighted by Crippen LogP contribution is -2.51. The zero-order valence-corrected chi connectivity index (χ0v) is 17.8. The molecule has 0 radical (unpaired) electrons. The number of rotatable bonds is 3. The maximum atomic E-state index is 9.50. The highest BCUT2D eigenvalue weighted by Gasteiger charge is 2.33. The van der Waals surface area contributed by atoms with Crippen LogP contribution >= 0.6 is 0 Å². The third-order valence-electron chi connectivity index (χ3n) is 5.09. The number of nitrogens with zero attached hydrogens (tertiary/aromatic N) is 1. The third-order valence-corrected chi connectivity index (χ3v) is 5.09. The van der Waals surface area contributed by atoms with E-state index in [-0.39, 0.29) is 12.8 Å². The Morgan fingerprint density at radius 2 is 1.68 bits per heavy atom. The number of piperazine rings is 1. The van der Waals surface area contributed by atoms with Gasteiger partial charge in [0.1, 0.15) is 5.75 Å². The summed E-state index contributed by atoms with van der Waals surface area (Å²) < 4.78 is 6.34. The number of hydrogen-bond acceptors (Lipinski definition) is 4. The van der Waals surface area contributed by atoms with Crippen LogP contribution in [0.25, 0.3) is 0 Å². The first kappa shape index (κ1) is 22.4. The van der Waals surface area contributed by atoms with Crippen molar-refractivity contribution in [3.63, 3.8) is 0 Å². The van der Waals surface area contributed by atoms with E-state index in [1.165, 1.54) is 11.1 Å². The van der Waals surface area contributed by atoms with E-state index >= 15 is 0 Å². The van der Waals surface area contributed by atoms with Crippen molar-refractivity contribution in [1.29, 1.82) is 0 Å². The van der Waals surface area contributed by atoms with Crippen LogP contribution in [0.5, 0.6) is 5.75 Å². The van der Waals surface area contributed by atoms with Crippen LogP contribution in [0.15, 0.2) is 48.5 Å². The van der Waals surface area contributed by atoms with Crippen molar-refractivity contribution in [1.82, 2.24) is 10.2 Å². The third kappa shape index (κ3) is 5.34. The van der Waals surface area contributed by atoms with Gasteiger partial charge in [-0.15, -0.1) is 0 Å². The number of ether oxygens (including phenoxy) is 1. The van der Waals surface area contributed by atoms with Crippen molar-refractivity contribution in [2.75, 3.05) is 26.2 Å².